The third-order valence-corrected chi connectivity index (χ3v) is 7.43. The molecular weight excluding hydrogens is 414 g/mol. The van der Waals surface area contributed by atoms with Gasteiger partial charge in [-0.05, 0) is 63.0 Å². The van der Waals surface area contributed by atoms with Crippen molar-refractivity contribution in [3.8, 4) is 0 Å². The molecule has 1 aromatic carbocycles. The number of hydrogen-bond acceptors (Lipinski definition) is 4. The lowest BCUT2D eigenvalue weighted by Crippen LogP contribution is -2.56. The number of benzene rings is 1. The Morgan fingerprint density at radius 1 is 1.09 bits per heavy atom. The monoisotopic (exact) mass is 455 g/mol. The molecule has 0 spiro atoms. The van der Waals surface area contributed by atoms with Crippen molar-refractivity contribution in [2.24, 2.45) is 11.8 Å². The summed E-state index contributed by atoms with van der Waals surface area (Å²) in [5, 5.41) is 0. The number of carbonyl (C=O) groups is 2. The fraction of sp³-hybridized carbons (Fsp3) is 0.643. The maximum absolute atomic E-state index is 13.7. The van der Waals surface area contributed by atoms with E-state index < -0.39 is 17.2 Å². The molecular formula is C28H41NO4. The van der Waals surface area contributed by atoms with E-state index in [1.165, 1.54) is 10.5 Å². The van der Waals surface area contributed by atoms with Crippen LogP contribution in [0.15, 0.2) is 42.5 Å². The predicted molar refractivity (Wildman–Crippen MR) is 131 cm³/mol. The van der Waals surface area contributed by atoms with Gasteiger partial charge in [0.2, 0.25) is 0 Å². The second-order valence-electron chi connectivity index (χ2n) is 11.3. The number of esters is 1. The van der Waals surface area contributed by atoms with Crippen molar-refractivity contribution >= 4 is 12.1 Å². The molecule has 5 heteroatoms. The van der Waals surface area contributed by atoms with E-state index in [1.807, 2.05) is 45.9 Å². The van der Waals surface area contributed by atoms with E-state index in [4.69, 9.17) is 9.47 Å². The van der Waals surface area contributed by atoms with Crippen molar-refractivity contribution in [2.45, 2.75) is 96.8 Å². The van der Waals surface area contributed by atoms with Crippen molar-refractivity contribution in [3.05, 3.63) is 48.0 Å². The number of rotatable bonds is 5. The summed E-state index contributed by atoms with van der Waals surface area (Å²) in [6.45, 7) is 14.5. The van der Waals surface area contributed by atoms with Gasteiger partial charge in [0, 0.05) is 12.5 Å². The van der Waals surface area contributed by atoms with E-state index in [9.17, 15) is 9.59 Å². The molecule has 1 heterocycles. The van der Waals surface area contributed by atoms with Crippen molar-refractivity contribution in [3.63, 3.8) is 0 Å². The molecule has 2 aliphatic rings. The van der Waals surface area contributed by atoms with Crippen LogP contribution in [-0.2, 0) is 19.7 Å². The van der Waals surface area contributed by atoms with Crippen LogP contribution in [0.3, 0.4) is 0 Å². The van der Waals surface area contributed by atoms with E-state index in [1.54, 1.807) is 0 Å². The van der Waals surface area contributed by atoms with Crippen LogP contribution >= 0.6 is 0 Å². The smallest absolute Gasteiger partial charge is 0.411 e. The van der Waals surface area contributed by atoms with Gasteiger partial charge in [0.05, 0.1) is 0 Å². The fourth-order valence-electron chi connectivity index (χ4n) is 5.40. The molecule has 182 valence electrons. The molecule has 0 unspecified atom stereocenters. The topological polar surface area (TPSA) is 55.8 Å². The van der Waals surface area contributed by atoms with E-state index in [-0.39, 0.29) is 23.4 Å². The number of nitrogens with zero attached hydrogens (tertiary/aromatic N) is 1. The number of amides is 1. The zero-order valence-electron chi connectivity index (χ0n) is 21.4. The Labute approximate surface area is 199 Å². The first-order chi connectivity index (χ1) is 15.4. The fourth-order valence-corrected chi connectivity index (χ4v) is 5.40. The average Bonchev–Trinajstić information content (AvgIpc) is 3.19. The highest BCUT2D eigenvalue weighted by Crippen LogP contribution is 2.44. The van der Waals surface area contributed by atoms with Crippen LogP contribution in [0.1, 0.15) is 79.7 Å². The van der Waals surface area contributed by atoms with Gasteiger partial charge in [0.1, 0.15) is 11.7 Å². The van der Waals surface area contributed by atoms with Gasteiger partial charge in [-0.25, -0.2) is 9.59 Å². The highest BCUT2D eigenvalue weighted by molar-refractivity contribution is 5.89. The Kier molecular flexibility index (Phi) is 7.30. The second kappa shape index (κ2) is 9.52. The van der Waals surface area contributed by atoms with E-state index in [2.05, 4.69) is 45.0 Å². The number of hydrogen-bond donors (Lipinski definition) is 0. The van der Waals surface area contributed by atoms with Crippen molar-refractivity contribution in [2.75, 3.05) is 6.54 Å². The summed E-state index contributed by atoms with van der Waals surface area (Å²) in [6, 6.07) is 10.5. The standard InChI is InChI=1S/C28H41NO4/c1-8-28(17-12-18-29(28)25(31)33-26(3,4)5)24(30)32-23-19-20(2)15-16-22(23)27(6,7)21-13-10-9-11-14-21/h9-14,17,20,22-23H,8,15-16,18-19H2,1-7H3/t20-,22-,23-,28-/m1/s1. The molecule has 0 bridgehead atoms. The molecule has 1 aliphatic heterocycles. The third kappa shape index (κ3) is 5.28. The summed E-state index contributed by atoms with van der Waals surface area (Å²) < 4.78 is 11.9. The molecule has 3 rings (SSSR count). The first kappa shape index (κ1) is 25.3. The maximum atomic E-state index is 13.7. The van der Waals surface area contributed by atoms with Gasteiger partial charge < -0.3 is 9.47 Å². The molecule has 1 amide bonds. The van der Waals surface area contributed by atoms with Crippen LogP contribution in [0.4, 0.5) is 4.79 Å². The summed E-state index contributed by atoms with van der Waals surface area (Å²) in [6.07, 6.45) is 6.41. The summed E-state index contributed by atoms with van der Waals surface area (Å²) in [4.78, 5) is 28.2. The highest BCUT2D eigenvalue weighted by atomic mass is 16.6. The molecule has 1 fully saturated rings. The molecule has 1 saturated carbocycles. The quantitative estimate of drug-likeness (QED) is 0.388. The highest BCUT2D eigenvalue weighted by Gasteiger charge is 2.50. The normalized spacial score (nSPS) is 28.0. The Morgan fingerprint density at radius 2 is 1.76 bits per heavy atom. The molecule has 1 aliphatic carbocycles. The van der Waals surface area contributed by atoms with Gasteiger partial charge in [-0.15, -0.1) is 0 Å². The van der Waals surface area contributed by atoms with Crippen LogP contribution < -0.4 is 0 Å². The lowest BCUT2D eigenvalue weighted by Gasteiger charge is -2.45. The minimum atomic E-state index is -1.12. The molecule has 0 radical (unpaired) electrons. The van der Waals surface area contributed by atoms with Crippen molar-refractivity contribution in [1.29, 1.82) is 0 Å². The van der Waals surface area contributed by atoms with Gasteiger partial charge in [-0.1, -0.05) is 70.5 Å². The van der Waals surface area contributed by atoms with Crippen LogP contribution in [0.2, 0.25) is 0 Å². The second-order valence-corrected chi connectivity index (χ2v) is 11.3. The van der Waals surface area contributed by atoms with Crippen LogP contribution in [0, 0.1) is 11.8 Å². The number of ether oxygens (including phenoxy) is 2. The largest absolute Gasteiger partial charge is 0.460 e. The third-order valence-electron chi connectivity index (χ3n) is 7.43. The lowest BCUT2D eigenvalue weighted by molar-refractivity contribution is -0.167. The van der Waals surface area contributed by atoms with Crippen LogP contribution in [-0.4, -0.2) is 40.8 Å². The summed E-state index contributed by atoms with van der Waals surface area (Å²) >= 11 is 0. The minimum Gasteiger partial charge on any atom is -0.460 e. The Morgan fingerprint density at radius 3 is 2.36 bits per heavy atom. The van der Waals surface area contributed by atoms with Gasteiger partial charge in [-0.2, -0.15) is 0 Å². The molecule has 5 nitrogen and oxygen atoms in total. The van der Waals surface area contributed by atoms with E-state index >= 15 is 0 Å². The predicted octanol–water partition coefficient (Wildman–Crippen LogP) is 6.27. The average molecular weight is 456 g/mol. The zero-order chi connectivity index (χ0) is 24.4. The Hall–Kier alpha value is -2.30. The van der Waals surface area contributed by atoms with Crippen LogP contribution in [0.5, 0.6) is 0 Å². The molecule has 33 heavy (non-hydrogen) atoms. The van der Waals surface area contributed by atoms with Crippen molar-refractivity contribution < 1.29 is 19.1 Å². The van der Waals surface area contributed by atoms with Crippen LogP contribution in [0.25, 0.3) is 0 Å². The zero-order valence-corrected chi connectivity index (χ0v) is 21.4. The van der Waals surface area contributed by atoms with Crippen molar-refractivity contribution in [1.82, 2.24) is 4.90 Å². The van der Waals surface area contributed by atoms with Gasteiger partial charge in [-0.3, -0.25) is 4.90 Å². The molecule has 1 aromatic rings. The lowest BCUT2D eigenvalue weighted by atomic mass is 9.64. The SMILES string of the molecule is CC[C@]1(C(=O)O[C@@H]2C[C@H](C)CC[C@H]2C(C)(C)c2ccccc2)C=CCN1C(=O)OC(C)(C)C. The Bertz CT molecular complexity index is 870. The molecule has 0 N–H and O–H groups in total. The van der Waals surface area contributed by atoms with E-state index in [0.717, 1.165) is 19.3 Å². The first-order valence-corrected chi connectivity index (χ1v) is 12.4. The first-order valence-electron chi connectivity index (χ1n) is 12.4. The summed E-state index contributed by atoms with van der Waals surface area (Å²) in [7, 11) is 0. The molecule has 4 atom stereocenters. The Balaban J connectivity index is 1.86. The van der Waals surface area contributed by atoms with Gasteiger partial charge in [0.25, 0.3) is 0 Å². The molecule has 0 saturated heterocycles. The molecule has 0 aromatic heterocycles. The van der Waals surface area contributed by atoms with Gasteiger partial charge in [0.15, 0.2) is 5.54 Å². The maximum Gasteiger partial charge on any atom is 0.411 e. The summed E-state index contributed by atoms with van der Waals surface area (Å²) in [5.74, 6) is 0.344. The summed E-state index contributed by atoms with van der Waals surface area (Å²) in [5.41, 5.74) is -0.633. The number of carbonyl (C=O) groups excluding carboxylic acids is 2. The van der Waals surface area contributed by atoms with Gasteiger partial charge >= 0.3 is 12.1 Å². The van der Waals surface area contributed by atoms with E-state index in [0.29, 0.717) is 18.9 Å². The minimum absolute atomic E-state index is 0.137.